The van der Waals surface area contributed by atoms with Crippen LogP contribution in [0.4, 0.5) is 0 Å². The minimum Gasteiger partial charge on any atom is -0.454 e. The molecule has 5 rings (SSSR count). The summed E-state index contributed by atoms with van der Waals surface area (Å²) < 4.78 is 18.1. The number of ether oxygens (including phenoxy) is 3. The van der Waals surface area contributed by atoms with Gasteiger partial charge in [-0.15, -0.1) is 0 Å². The van der Waals surface area contributed by atoms with E-state index in [1.54, 1.807) is 12.1 Å². The van der Waals surface area contributed by atoms with Crippen LogP contribution in [-0.2, 0) is 14.2 Å². The Morgan fingerprint density at radius 2 is 1.79 bits per heavy atom. The van der Waals surface area contributed by atoms with Crippen molar-refractivity contribution in [3.8, 4) is 0 Å². The van der Waals surface area contributed by atoms with Crippen molar-refractivity contribution < 1.29 is 19.0 Å². The van der Waals surface area contributed by atoms with Gasteiger partial charge in [0.05, 0.1) is 17.8 Å². The first-order valence-electron chi connectivity index (χ1n) is 8.83. The maximum atomic E-state index is 12.4. The molecule has 1 heterocycles. The van der Waals surface area contributed by atoms with Crippen LogP contribution in [-0.4, -0.2) is 30.1 Å². The zero-order valence-electron chi connectivity index (χ0n) is 13.9. The summed E-state index contributed by atoms with van der Waals surface area (Å²) in [6.45, 7) is 3.98. The molecular formula is C20H22O4. The molecule has 0 spiro atoms. The Kier molecular flexibility index (Phi) is 3.01. The molecular weight excluding hydrogens is 304 g/mol. The van der Waals surface area contributed by atoms with Crippen LogP contribution in [0.1, 0.15) is 30.6 Å². The van der Waals surface area contributed by atoms with Crippen LogP contribution in [0, 0.1) is 23.7 Å². The zero-order chi connectivity index (χ0) is 16.5. The van der Waals surface area contributed by atoms with Crippen LogP contribution >= 0.6 is 0 Å². The second-order valence-electron chi connectivity index (χ2n) is 7.90. The first-order valence-corrected chi connectivity index (χ1v) is 8.83. The summed E-state index contributed by atoms with van der Waals surface area (Å²) in [5.41, 5.74) is 0.608. The summed E-state index contributed by atoms with van der Waals surface area (Å²) >= 11 is 0. The zero-order valence-corrected chi connectivity index (χ0v) is 13.9. The molecule has 2 bridgehead atoms. The second kappa shape index (κ2) is 4.93. The molecule has 4 aliphatic rings. The lowest BCUT2D eigenvalue weighted by atomic mass is 9.77. The first-order chi connectivity index (χ1) is 11.5. The predicted octanol–water partition coefficient (Wildman–Crippen LogP) is 3.18. The van der Waals surface area contributed by atoms with E-state index in [0.29, 0.717) is 29.2 Å². The third-order valence-corrected chi connectivity index (χ3v) is 6.14. The first kappa shape index (κ1) is 14.7. The van der Waals surface area contributed by atoms with Gasteiger partial charge >= 0.3 is 5.97 Å². The summed E-state index contributed by atoms with van der Waals surface area (Å²) in [7, 11) is 0. The average Bonchev–Trinajstić information content (AvgIpc) is 3.26. The third-order valence-electron chi connectivity index (χ3n) is 6.14. The number of carbonyl (C=O) groups is 1. The Labute approximate surface area is 141 Å². The molecule has 2 saturated carbocycles. The molecule has 3 aliphatic carbocycles. The molecule has 4 heteroatoms. The van der Waals surface area contributed by atoms with Gasteiger partial charge in [-0.05, 0) is 56.2 Å². The van der Waals surface area contributed by atoms with Gasteiger partial charge < -0.3 is 14.2 Å². The Bertz CT molecular complexity index is 695. The van der Waals surface area contributed by atoms with E-state index < -0.39 is 5.79 Å². The van der Waals surface area contributed by atoms with Crippen molar-refractivity contribution in [3.05, 3.63) is 48.0 Å². The van der Waals surface area contributed by atoms with Gasteiger partial charge in [-0.2, -0.15) is 0 Å². The van der Waals surface area contributed by atoms with Gasteiger partial charge in [-0.3, -0.25) is 0 Å². The maximum absolute atomic E-state index is 12.4. The fraction of sp³-hybridized carbons (Fsp3) is 0.550. The normalized spacial score (nSPS) is 43.7. The molecule has 0 unspecified atom stereocenters. The number of hydrogen-bond donors (Lipinski definition) is 0. The minimum absolute atomic E-state index is 0.143. The van der Waals surface area contributed by atoms with Crippen LogP contribution in [0.2, 0.25) is 0 Å². The molecule has 24 heavy (non-hydrogen) atoms. The number of hydrogen-bond acceptors (Lipinski definition) is 4. The molecule has 4 nitrogen and oxygen atoms in total. The fourth-order valence-corrected chi connectivity index (χ4v) is 5.37. The van der Waals surface area contributed by atoms with Gasteiger partial charge in [0, 0.05) is 5.92 Å². The molecule has 126 valence electrons. The highest BCUT2D eigenvalue weighted by atomic mass is 16.8. The van der Waals surface area contributed by atoms with E-state index in [2.05, 4.69) is 12.2 Å². The Morgan fingerprint density at radius 3 is 2.54 bits per heavy atom. The predicted molar refractivity (Wildman–Crippen MR) is 87.2 cm³/mol. The highest BCUT2D eigenvalue weighted by Crippen LogP contribution is 2.61. The van der Waals surface area contributed by atoms with Crippen LogP contribution < -0.4 is 0 Å². The van der Waals surface area contributed by atoms with E-state index in [1.165, 1.54) is 0 Å². The highest BCUT2D eigenvalue weighted by molar-refractivity contribution is 5.89. The van der Waals surface area contributed by atoms with Crippen LogP contribution in [0.25, 0.3) is 0 Å². The number of esters is 1. The SMILES string of the molecule is CC1(C)O[C@@H]2[C@@H]3C[C@H]([C@@H]2O1)[C@H]1[C@@H]3C=C[C@@H]1OC(=O)c1ccccc1. The van der Waals surface area contributed by atoms with E-state index in [4.69, 9.17) is 14.2 Å². The van der Waals surface area contributed by atoms with Gasteiger partial charge in [-0.25, -0.2) is 4.79 Å². The second-order valence-corrected chi connectivity index (χ2v) is 7.90. The number of carbonyl (C=O) groups excluding carboxylic acids is 1. The Hall–Kier alpha value is -1.65. The molecule has 0 radical (unpaired) electrons. The molecule has 0 N–H and O–H groups in total. The summed E-state index contributed by atoms with van der Waals surface area (Å²) in [5.74, 6) is 0.946. The van der Waals surface area contributed by atoms with Gasteiger partial charge in [0.1, 0.15) is 6.10 Å². The summed E-state index contributed by atoms with van der Waals surface area (Å²) in [6.07, 6.45) is 5.62. The molecule has 1 aliphatic heterocycles. The summed E-state index contributed by atoms with van der Waals surface area (Å²) in [4.78, 5) is 12.4. The van der Waals surface area contributed by atoms with E-state index in [0.717, 1.165) is 6.42 Å². The number of fused-ring (bicyclic) bond motifs is 8. The number of allylic oxidation sites excluding steroid dienone is 1. The van der Waals surface area contributed by atoms with Crippen molar-refractivity contribution in [1.29, 1.82) is 0 Å². The van der Waals surface area contributed by atoms with Crippen molar-refractivity contribution in [2.45, 2.75) is 44.4 Å². The molecule has 7 atom stereocenters. The Balaban J connectivity index is 1.35. The van der Waals surface area contributed by atoms with Crippen LogP contribution in [0.5, 0.6) is 0 Å². The lowest BCUT2D eigenvalue weighted by molar-refractivity contribution is -0.158. The summed E-state index contributed by atoms with van der Waals surface area (Å²) in [5, 5.41) is 0. The molecule has 1 saturated heterocycles. The van der Waals surface area contributed by atoms with Gasteiger partial charge in [0.25, 0.3) is 0 Å². The fourth-order valence-electron chi connectivity index (χ4n) is 5.37. The Morgan fingerprint density at radius 1 is 1.08 bits per heavy atom. The van der Waals surface area contributed by atoms with Gasteiger partial charge in [0.2, 0.25) is 0 Å². The van der Waals surface area contributed by atoms with E-state index in [-0.39, 0.29) is 24.3 Å². The molecule has 1 aromatic carbocycles. The number of benzene rings is 1. The standard InChI is InChI=1S/C20H22O4/c1-20(2)23-17-13-10-14(18(17)24-20)16-12(13)8-9-15(16)22-19(21)11-6-4-3-5-7-11/h3-9,12-18H,10H2,1-2H3/t12-,13-,14+,15+,16-,17-,18+/m1/s1. The smallest absolute Gasteiger partial charge is 0.338 e. The minimum atomic E-state index is -0.495. The topological polar surface area (TPSA) is 44.8 Å². The number of rotatable bonds is 2. The van der Waals surface area contributed by atoms with Crippen LogP contribution in [0.15, 0.2) is 42.5 Å². The third kappa shape index (κ3) is 2.02. The maximum Gasteiger partial charge on any atom is 0.338 e. The monoisotopic (exact) mass is 326 g/mol. The van der Waals surface area contributed by atoms with E-state index in [1.807, 2.05) is 32.0 Å². The molecule has 0 amide bonds. The van der Waals surface area contributed by atoms with Gasteiger partial charge in [-0.1, -0.05) is 24.3 Å². The highest BCUT2D eigenvalue weighted by Gasteiger charge is 2.66. The van der Waals surface area contributed by atoms with E-state index >= 15 is 0 Å². The van der Waals surface area contributed by atoms with E-state index in [9.17, 15) is 4.79 Å². The molecule has 3 fully saturated rings. The van der Waals surface area contributed by atoms with Crippen LogP contribution in [0.3, 0.4) is 0 Å². The summed E-state index contributed by atoms with van der Waals surface area (Å²) in [6, 6.07) is 9.21. The lowest BCUT2D eigenvalue weighted by Crippen LogP contribution is -2.42. The van der Waals surface area contributed by atoms with Crippen molar-refractivity contribution >= 4 is 5.97 Å². The van der Waals surface area contributed by atoms with Crippen molar-refractivity contribution in [2.75, 3.05) is 0 Å². The average molecular weight is 326 g/mol. The molecule has 1 aromatic rings. The van der Waals surface area contributed by atoms with Gasteiger partial charge in [0.15, 0.2) is 5.79 Å². The largest absolute Gasteiger partial charge is 0.454 e. The van der Waals surface area contributed by atoms with Crippen molar-refractivity contribution in [3.63, 3.8) is 0 Å². The lowest BCUT2D eigenvalue weighted by Gasteiger charge is -2.34. The van der Waals surface area contributed by atoms with Crippen molar-refractivity contribution in [1.82, 2.24) is 0 Å². The quantitative estimate of drug-likeness (QED) is 0.618. The van der Waals surface area contributed by atoms with Crippen molar-refractivity contribution in [2.24, 2.45) is 23.7 Å². The molecule has 0 aromatic heterocycles.